The van der Waals surface area contributed by atoms with E-state index in [4.69, 9.17) is 4.74 Å². The molecule has 0 atom stereocenters. The van der Waals surface area contributed by atoms with Crippen molar-refractivity contribution in [1.29, 1.82) is 0 Å². The number of carboxylic acids is 1. The Morgan fingerprint density at radius 2 is 1.55 bits per heavy atom. The second-order valence-electron chi connectivity index (χ2n) is 9.48. The van der Waals surface area contributed by atoms with E-state index in [0.717, 1.165) is 35.1 Å². The Morgan fingerprint density at radius 3 is 2.06 bits per heavy atom. The summed E-state index contributed by atoms with van der Waals surface area (Å²) in [7, 11) is 1.50. The minimum atomic E-state index is -1.32. The first-order chi connectivity index (χ1) is 15.7. The fourth-order valence-electron chi connectivity index (χ4n) is 5.21. The second kappa shape index (κ2) is 8.54. The lowest BCUT2D eigenvalue weighted by Gasteiger charge is -2.39. The van der Waals surface area contributed by atoms with Crippen molar-refractivity contribution in [2.45, 2.75) is 56.5 Å². The number of alkyl carbamates (subject to hydrolysis) is 1. The van der Waals surface area contributed by atoms with Gasteiger partial charge < -0.3 is 20.1 Å². The number of aliphatic carboxylic acids is 1. The number of likely N-dealkylation sites (N-methyl/N-ethyl adjacent to an activating group) is 1. The van der Waals surface area contributed by atoms with Crippen LogP contribution in [-0.4, -0.2) is 52.7 Å². The van der Waals surface area contributed by atoms with E-state index >= 15 is 0 Å². The highest BCUT2D eigenvalue weighted by Crippen LogP contribution is 2.44. The molecule has 0 aromatic heterocycles. The Kier molecular flexibility index (Phi) is 5.91. The van der Waals surface area contributed by atoms with Gasteiger partial charge in [0.05, 0.1) is 0 Å². The maximum absolute atomic E-state index is 13.2. The van der Waals surface area contributed by atoms with Gasteiger partial charge in [-0.15, -0.1) is 0 Å². The maximum Gasteiger partial charge on any atom is 0.408 e. The molecule has 1 saturated carbocycles. The SMILES string of the molecule is CN(C(=O)C(C)(C)NC(=O)OCC1c2ccccc2-c2ccccc21)C1(C(=O)O)CCCC1. The zero-order valence-electron chi connectivity index (χ0n) is 19.3. The molecule has 1 fully saturated rings. The number of amides is 2. The topological polar surface area (TPSA) is 95.9 Å². The predicted molar refractivity (Wildman–Crippen MR) is 124 cm³/mol. The third-order valence-electron chi connectivity index (χ3n) is 7.07. The summed E-state index contributed by atoms with van der Waals surface area (Å²) in [5.41, 5.74) is 1.93. The molecule has 0 heterocycles. The third kappa shape index (κ3) is 3.96. The van der Waals surface area contributed by atoms with Crippen LogP contribution < -0.4 is 5.32 Å². The molecular formula is C26H30N2O5. The lowest BCUT2D eigenvalue weighted by atomic mass is 9.92. The van der Waals surface area contributed by atoms with Gasteiger partial charge in [0, 0.05) is 13.0 Å². The van der Waals surface area contributed by atoms with E-state index < -0.39 is 29.0 Å². The second-order valence-corrected chi connectivity index (χ2v) is 9.48. The predicted octanol–water partition coefficient (Wildman–Crippen LogP) is 4.16. The normalized spacial score (nSPS) is 16.6. The molecule has 2 aliphatic rings. The van der Waals surface area contributed by atoms with Crippen LogP contribution in [0.25, 0.3) is 11.1 Å². The van der Waals surface area contributed by atoms with Gasteiger partial charge in [0.1, 0.15) is 17.7 Å². The zero-order valence-corrected chi connectivity index (χ0v) is 19.3. The minimum absolute atomic E-state index is 0.0848. The first-order valence-electron chi connectivity index (χ1n) is 11.3. The van der Waals surface area contributed by atoms with Gasteiger partial charge in [0.25, 0.3) is 0 Å². The summed E-state index contributed by atoms with van der Waals surface area (Å²) in [6.07, 6.45) is 1.62. The molecular weight excluding hydrogens is 420 g/mol. The molecule has 2 N–H and O–H groups in total. The Bertz CT molecular complexity index is 1040. The Balaban J connectivity index is 1.44. The van der Waals surface area contributed by atoms with E-state index in [9.17, 15) is 19.5 Å². The highest BCUT2D eigenvalue weighted by Gasteiger charge is 2.50. The summed E-state index contributed by atoms with van der Waals surface area (Å²) in [6.45, 7) is 3.27. The summed E-state index contributed by atoms with van der Waals surface area (Å²) in [4.78, 5) is 39.1. The van der Waals surface area contributed by atoms with Gasteiger partial charge in [0.15, 0.2) is 0 Å². The van der Waals surface area contributed by atoms with E-state index in [1.54, 1.807) is 13.8 Å². The number of hydrogen-bond donors (Lipinski definition) is 2. The molecule has 7 nitrogen and oxygen atoms in total. The first kappa shape index (κ1) is 22.8. The number of nitrogens with zero attached hydrogens (tertiary/aromatic N) is 1. The van der Waals surface area contributed by atoms with Crippen LogP contribution in [0.2, 0.25) is 0 Å². The molecule has 7 heteroatoms. The van der Waals surface area contributed by atoms with Crippen LogP contribution in [0.15, 0.2) is 48.5 Å². The molecule has 33 heavy (non-hydrogen) atoms. The average Bonchev–Trinajstić information content (AvgIpc) is 3.41. The standard InChI is InChI=1S/C26H30N2O5/c1-25(2,22(29)28(3)26(23(30)31)14-8-9-15-26)27-24(32)33-16-21-19-12-6-4-10-17(19)18-11-5-7-13-20(18)21/h4-7,10-13,21H,8-9,14-16H2,1-3H3,(H,27,32)(H,30,31). The van der Waals surface area contributed by atoms with Gasteiger partial charge in [-0.1, -0.05) is 61.4 Å². The molecule has 0 spiro atoms. The van der Waals surface area contributed by atoms with Crippen molar-refractivity contribution in [3.05, 3.63) is 59.7 Å². The van der Waals surface area contributed by atoms with Gasteiger partial charge in [-0.3, -0.25) is 4.79 Å². The molecule has 174 valence electrons. The molecule has 0 aliphatic heterocycles. The highest BCUT2D eigenvalue weighted by molar-refractivity contribution is 5.93. The van der Waals surface area contributed by atoms with E-state index in [2.05, 4.69) is 17.4 Å². The smallest absolute Gasteiger partial charge is 0.408 e. The van der Waals surface area contributed by atoms with Gasteiger partial charge in [-0.2, -0.15) is 0 Å². The molecule has 2 aromatic carbocycles. The number of nitrogens with one attached hydrogen (secondary N) is 1. The van der Waals surface area contributed by atoms with Crippen LogP contribution in [0.5, 0.6) is 0 Å². The number of carbonyl (C=O) groups excluding carboxylic acids is 2. The van der Waals surface area contributed by atoms with Crippen molar-refractivity contribution in [3.8, 4) is 11.1 Å². The Labute approximate surface area is 193 Å². The lowest BCUT2D eigenvalue weighted by molar-refractivity contribution is -0.159. The van der Waals surface area contributed by atoms with E-state index in [0.29, 0.717) is 12.8 Å². The number of carboxylic acid groups (broad SMARTS) is 1. The average molecular weight is 451 g/mol. The van der Waals surface area contributed by atoms with E-state index in [1.807, 2.05) is 36.4 Å². The number of rotatable bonds is 6. The van der Waals surface area contributed by atoms with Crippen molar-refractivity contribution in [2.75, 3.05) is 13.7 Å². The molecule has 0 bridgehead atoms. The molecule has 2 amide bonds. The van der Waals surface area contributed by atoms with E-state index in [-0.39, 0.29) is 12.5 Å². The number of hydrogen-bond acceptors (Lipinski definition) is 4. The van der Waals surface area contributed by atoms with Gasteiger partial charge in [-0.05, 0) is 48.9 Å². The van der Waals surface area contributed by atoms with Gasteiger partial charge in [0.2, 0.25) is 5.91 Å². The summed E-state index contributed by atoms with van der Waals surface area (Å²) in [5, 5.41) is 12.4. The van der Waals surface area contributed by atoms with Crippen LogP contribution >= 0.6 is 0 Å². The summed E-state index contributed by atoms with van der Waals surface area (Å²) in [6, 6.07) is 16.1. The van der Waals surface area contributed by atoms with Crippen LogP contribution in [0.3, 0.4) is 0 Å². The zero-order chi connectivity index (χ0) is 23.8. The maximum atomic E-state index is 13.2. The van der Waals surface area contributed by atoms with Crippen LogP contribution in [0.1, 0.15) is 56.6 Å². The Hall–Kier alpha value is -3.35. The quantitative estimate of drug-likeness (QED) is 0.689. The van der Waals surface area contributed by atoms with E-state index in [1.165, 1.54) is 11.9 Å². The monoisotopic (exact) mass is 450 g/mol. The van der Waals surface area contributed by atoms with Crippen molar-refractivity contribution in [3.63, 3.8) is 0 Å². The van der Waals surface area contributed by atoms with Crippen molar-refractivity contribution in [2.24, 2.45) is 0 Å². The fraction of sp³-hybridized carbons (Fsp3) is 0.423. The summed E-state index contributed by atoms with van der Waals surface area (Å²) >= 11 is 0. The third-order valence-corrected chi connectivity index (χ3v) is 7.07. The molecule has 0 saturated heterocycles. The van der Waals surface area contributed by atoms with Crippen LogP contribution in [-0.2, 0) is 14.3 Å². The molecule has 0 radical (unpaired) electrons. The first-order valence-corrected chi connectivity index (χ1v) is 11.3. The van der Waals surface area contributed by atoms with Crippen molar-refractivity contribution in [1.82, 2.24) is 10.2 Å². The van der Waals surface area contributed by atoms with Crippen molar-refractivity contribution < 1.29 is 24.2 Å². The van der Waals surface area contributed by atoms with Gasteiger partial charge >= 0.3 is 12.1 Å². The van der Waals surface area contributed by atoms with Gasteiger partial charge in [-0.25, -0.2) is 9.59 Å². The van der Waals surface area contributed by atoms with Crippen molar-refractivity contribution >= 4 is 18.0 Å². The fourth-order valence-corrected chi connectivity index (χ4v) is 5.21. The minimum Gasteiger partial charge on any atom is -0.479 e. The number of ether oxygens (including phenoxy) is 1. The molecule has 0 unspecified atom stereocenters. The summed E-state index contributed by atoms with van der Waals surface area (Å²) < 4.78 is 5.57. The number of benzene rings is 2. The number of fused-ring (bicyclic) bond motifs is 3. The molecule has 4 rings (SSSR count). The Morgan fingerprint density at radius 1 is 1.03 bits per heavy atom. The largest absolute Gasteiger partial charge is 0.479 e. The molecule has 2 aromatic rings. The lowest BCUT2D eigenvalue weighted by Crippen LogP contribution is -2.62. The molecule has 2 aliphatic carbocycles. The number of carbonyl (C=O) groups is 3. The van der Waals surface area contributed by atoms with Crippen LogP contribution in [0, 0.1) is 0 Å². The van der Waals surface area contributed by atoms with Crippen LogP contribution in [0.4, 0.5) is 4.79 Å². The summed E-state index contributed by atoms with van der Waals surface area (Å²) in [5.74, 6) is -1.55. The highest BCUT2D eigenvalue weighted by atomic mass is 16.5.